The molecule has 0 saturated heterocycles. The van der Waals surface area contributed by atoms with Gasteiger partial charge in [-0.2, -0.15) is 10.5 Å². The molecule has 0 aliphatic heterocycles. The Balaban J connectivity index is 2.14. The smallest absolute Gasteiger partial charge is 0.269 e. The van der Waals surface area contributed by atoms with E-state index in [0.29, 0.717) is 29.5 Å². The summed E-state index contributed by atoms with van der Waals surface area (Å²) < 4.78 is 0. The Labute approximate surface area is 161 Å². The lowest BCUT2D eigenvalue weighted by Gasteiger charge is -2.23. The number of carbonyl (C=O) groups excluding carboxylic acids is 1. The van der Waals surface area contributed by atoms with E-state index in [1.807, 2.05) is 12.1 Å². The molecule has 2 rings (SSSR count). The fourth-order valence-corrected chi connectivity index (χ4v) is 2.44. The molecule has 138 valence electrons. The average molecular weight is 385 g/mol. The molecule has 0 aliphatic rings. The summed E-state index contributed by atoms with van der Waals surface area (Å²) in [5.74, 6) is 0.173. The molecule has 27 heavy (non-hydrogen) atoms. The molecule has 0 aliphatic carbocycles. The summed E-state index contributed by atoms with van der Waals surface area (Å²) >= 11 is 5.88. The number of nitrogens with one attached hydrogen (secondary N) is 2. The highest BCUT2D eigenvalue weighted by atomic mass is 35.5. The second kappa shape index (κ2) is 9.80. The van der Waals surface area contributed by atoms with Crippen molar-refractivity contribution in [2.75, 3.05) is 29.1 Å². The van der Waals surface area contributed by atoms with E-state index >= 15 is 0 Å². The highest BCUT2D eigenvalue weighted by molar-refractivity contribution is 6.30. The number of hydrogen-bond donors (Lipinski definition) is 3. The summed E-state index contributed by atoms with van der Waals surface area (Å²) in [5, 5.41) is 18.1. The van der Waals surface area contributed by atoms with Crippen molar-refractivity contribution in [3.63, 3.8) is 0 Å². The van der Waals surface area contributed by atoms with Crippen LogP contribution in [0.15, 0.2) is 30.6 Å². The van der Waals surface area contributed by atoms with Crippen LogP contribution in [0.25, 0.3) is 0 Å². The van der Waals surface area contributed by atoms with Gasteiger partial charge in [-0.05, 0) is 18.2 Å². The number of halogens is 1. The normalized spacial score (nSPS) is 9.74. The van der Waals surface area contributed by atoms with Gasteiger partial charge in [0.05, 0.1) is 25.0 Å². The van der Waals surface area contributed by atoms with Crippen LogP contribution >= 0.6 is 11.6 Å². The number of amides is 1. The summed E-state index contributed by atoms with van der Waals surface area (Å²) in [5.41, 5.74) is 11.8. The summed E-state index contributed by atoms with van der Waals surface area (Å²) in [7, 11) is 0. The van der Waals surface area contributed by atoms with Crippen LogP contribution in [0.1, 0.15) is 23.2 Å². The topological polar surface area (TPSA) is 144 Å². The second-order valence-corrected chi connectivity index (χ2v) is 5.79. The monoisotopic (exact) mass is 384 g/mol. The molecule has 0 atom stereocenters. The number of nitrogen functional groups attached to an aromatic ring is 1. The predicted octanol–water partition coefficient (Wildman–Crippen LogP) is 2.10. The van der Waals surface area contributed by atoms with Crippen LogP contribution in [0.5, 0.6) is 0 Å². The van der Waals surface area contributed by atoms with E-state index in [0.717, 1.165) is 0 Å². The molecule has 0 bridgehead atoms. The molecule has 0 unspecified atom stereocenters. The van der Waals surface area contributed by atoms with Crippen molar-refractivity contribution < 1.29 is 4.79 Å². The lowest BCUT2D eigenvalue weighted by atomic mass is 10.2. The van der Waals surface area contributed by atoms with Crippen molar-refractivity contribution in [1.29, 1.82) is 10.5 Å². The van der Waals surface area contributed by atoms with Crippen LogP contribution in [0, 0.1) is 22.7 Å². The van der Waals surface area contributed by atoms with Crippen LogP contribution in [-0.4, -0.2) is 29.0 Å². The first kappa shape index (κ1) is 19.8. The Kier molecular flexibility index (Phi) is 7.17. The number of nitrogens with zero attached hydrogens (tertiary/aromatic N) is 5. The lowest BCUT2D eigenvalue weighted by molar-refractivity contribution is 0.0962. The molecule has 1 heterocycles. The molecule has 1 aromatic heterocycles. The van der Waals surface area contributed by atoms with Gasteiger partial charge in [0.1, 0.15) is 12.0 Å². The molecular weight excluding hydrogens is 368 g/mol. The van der Waals surface area contributed by atoms with Crippen LogP contribution in [0.3, 0.4) is 0 Å². The molecule has 10 heteroatoms. The largest absolute Gasteiger partial charge is 0.393 e. The lowest BCUT2D eigenvalue weighted by Crippen LogP contribution is -2.31. The average Bonchev–Trinajstić information content (AvgIpc) is 2.67. The highest BCUT2D eigenvalue weighted by Gasteiger charge is 2.16. The number of carbonyl (C=O) groups is 1. The van der Waals surface area contributed by atoms with Gasteiger partial charge in [-0.25, -0.2) is 9.97 Å². The van der Waals surface area contributed by atoms with E-state index in [2.05, 4.69) is 20.8 Å². The van der Waals surface area contributed by atoms with Gasteiger partial charge >= 0.3 is 0 Å². The summed E-state index contributed by atoms with van der Waals surface area (Å²) in [6, 6.07) is 10.6. The standard InChI is InChI=1S/C17H17ClN8O/c18-13-5-1-4-12(10-13)17(27)25-24-15-14(21)16(23-11-22-15)26(8-2-6-19)9-3-7-20/h1,4-5,10-11H,2-3,8-9,21H2,(H,25,27)(H,22,23,24). The molecule has 0 saturated carbocycles. The van der Waals surface area contributed by atoms with E-state index in [9.17, 15) is 4.79 Å². The van der Waals surface area contributed by atoms with E-state index in [1.165, 1.54) is 12.4 Å². The maximum Gasteiger partial charge on any atom is 0.269 e. The first-order valence-electron chi connectivity index (χ1n) is 7.98. The van der Waals surface area contributed by atoms with Crippen molar-refractivity contribution in [3.8, 4) is 12.1 Å². The molecule has 9 nitrogen and oxygen atoms in total. The minimum Gasteiger partial charge on any atom is -0.393 e. The van der Waals surface area contributed by atoms with E-state index < -0.39 is 5.91 Å². The number of nitriles is 2. The van der Waals surface area contributed by atoms with Crippen LogP contribution in [0.4, 0.5) is 17.3 Å². The number of hydrazine groups is 1. The number of nitrogens with two attached hydrogens (primary N) is 1. The minimum atomic E-state index is -0.414. The molecule has 1 amide bonds. The Morgan fingerprint density at radius 1 is 1.22 bits per heavy atom. The van der Waals surface area contributed by atoms with Gasteiger partial charge in [0.2, 0.25) is 0 Å². The van der Waals surface area contributed by atoms with Crippen LogP contribution in [-0.2, 0) is 0 Å². The van der Waals surface area contributed by atoms with Crippen molar-refractivity contribution in [3.05, 3.63) is 41.2 Å². The SMILES string of the molecule is N#CCCN(CCC#N)c1ncnc(NNC(=O)c2cccc(Cl)c2)c1N. The molecule has 1 aromatic carbocycles. The summed E-state index contributed by atoms with van der Waals surface area (Å²) in [6.45, 7) is 0.738. The van der Waals surface area contributed by atoms with Gasteiger partial charge in [0.15, 0.2) is 11.6 Å². The number of benzene rings is 1. The Hall–Kier alpha value is -3.56. The predicted molar refractivity (Wildman–Crippen MR) is 102 cm³/mol. The maximum absolute atomic E-state index is 12.2. The quantitative estimate of drug-likeness (QED) is 0.587. The number of anilines is 3. The van der Waals surface area contributed by atoms with Crippen LogP contribution < -0.4 is 21.5 Å². The first-order chi connectivity index (χ1) is 13.1. The van der Waals surface area contributed by atoms with E-state index in [4.69, 9.17) is 27.9 Å². The van der Waals surface area contributed by atoms with Gasteiger partial charge in [0, 0.05) is 23.7 Å². The zero-order valence-electron chi connectivity index (χ0n) is 14.3. The molecule has 0 radical (unpaired) electrons. The molecule has 4 N–H and O–H groups in total. The van der Waals surface area contributed by atoms with E-state index in [1.54, 1.807) is 23.1 Å². The molecule has 2 aromatic rings. The van der Waals surface area contributed by atoms with E-state index in [-0.39, 0.29) is 24.3 Å². The fourth-order valence-electron chi connectivity index (χ4n) is 2.25. The number of rotatable bonds is 8. The fraction of sp³-hybridized carbons (Fsp3) is 0.235. The molecule has 0 spiro atoms. The number of hydrogen-bond acceptors (Lipinski definition) is 8. The van der Waals surface area contributed by atoms with Gasteiger partial charge in [0.25, 0.3) is 5.91 Å². The summed E-state index contributed by atoms with van der Waals surface area (Å²) in [6.07, 6.45) is 1.79. The Morgan fingerprint density at radius 2 is 1.93 bits per heavy atom. The third-order valence-electron chi connectivity index (χ3n) is 3.53. The zero-order chi connectivity index (χ0) is 19.6. The van der Waals surface area contributed by atoms with Gasteiger partial charge in [-0.15, -0.1) is 0 Å². The van der Waals surface area contributed by atoms with Crippen molar-refractivity contribution in [2.45, 2.75) is 12.8 Å². The van der Waals surface area contributed by atoms with Crippen LogP contribution in [0.2, 0.25) is 5.02 Å². The minimum absolute atomic E-state index is 0.194. The van der Waals surface area contributed by atoms with Gasteiger partial charge < -0.3 is 10.6 Å². The molecular formula is C17H17ClN8O. The van der Waals surface area contributed by atoms with Crippen molar-refractivity contribution >= 4 is 34.8 Å². The third-order valence-corrected chi connectivity index (χ3v) is 3.77. The third kappa shape index (κ3) is 5.46. The number of aromatic nitrogens is 2. The van der Waals surface area contributed by atoms with Crippen molar-refractivity contribution in [1.82, 2.24) is 15.4 Å². The second-order valence-electron chi connectivity index (χ2n) is 5.35. The van der Waals surface area contributed by atoms with Gasteiger partial charge in [-0.1, -0.05) is 17.7 Å². The highest BCUT2D eigenvalue weighted by Crippen LogP contribution is 2.26. The Morgan fingerprint density at radius 3 is 2.56 bits per heavy atom. The Bertz CT molecular complexity index is 871. The zero-order valence-corrected chi connectivity index (χ0v) is 15.1. The maximum atomic E-state index is 12.2. The van der Waals surface area contributed by atoms with Gasteiger partial charge in [-0.3, -0.25) is 15.6 Å². The first-order valence-corrected chi connectivity index (χ1v) is 8.36. The molecule has 0 fully saturated rings. The van der Waals surface area contributed by atoms with Crippen molar-refractivity contribution in [2.24, 2.45) is 0 Å². The summed E-state index contributed by atoms with van der Waals surface area (Å²) in [4.78, 5) is 22.1.